The van der Waals surface area contributed by atoms with Crippen molar-refractivity contribution >= 4 is 22.3 Å². The molecule has 0 aliphatic carbocycles. The van der Waals surface area contributed by atoms with Gasteiger partial charge in [0.05, 0.1) is 0 Å². The second-order valence-electron chi connectivity index (χ2n) is 3.45. The zero-order chi connectivity index (χ0) is 13.4. The Kier molecular flexibility index (Phi) is 2.92. The van der Waals surface area contributed by atoms with Gasteiger partial charge in [0, 0.05) is 16.5 Å². The van der Waals surface area contributed by atoms with E-state index in [0.29, 0.717) is 0 Å². The van der Waals surface area contributed by atoms with Crippen molar-refractivity contribution in [3.63, 3.8) is 0 Å². The number of hydrogen-bond donors (Lipinski definition) is 3. The van der Waals surface area contributed by atoms with Gasteiger partial charge in [0.2, 0.25) is 5.82 Å². The maximum Gasteiger partial charge on any atom is 0.339 e. The lowest BCUT2D eigenvalue weighted by Gasteiger charge is -2.05. The molecule has 94 valence electrons. The summed E-state index contributed by atoms with van der Waals surface area (Å²) >= 11 is 0.918. The van der Waals surface area contributed by atoms with Crippen LogP contribution in [0.4, 0.5) is 13.8 Å². The summed E-state index contributed by atoms with van der Waals surface area (Å²) in [7, 11) is 0. The van der Waals surface area contributed by atoms with Crippen molar-refractivity contribution in [2.45, 2.75) is 0 Å². The van der Waals surface area contributed by atoms with E-state index < -0.39 is 23.4 Å². The summed E-state index contributed by atoms with van der Waals surface area (Å²) < 4.78 is 26.9. The molecule has 1 heterocycles. The van der Waals surface area contributed by atoms with Crippen molar-refractivity contribution in [1.29, 1.82) is 0 Å². The lowest BCUT2D eigenvalue weighted by atomic mass is 10.0. The van der Waals surface area contributed by atoms with Gasteiger partial charge in [0.15, 0.2) is 11.6 Å². The summed E-state index contributed by atoms with van der Waals surface area (Å²) in [5, 5.41) is 19.3. The van der Waals surface area contributed by atoms with Crippen LogP contribution in [0.2, 0.25) is 0 Å². The number of carboxylic acid groups (broad SMARTS) is 1. The van der Waals surface area contributed by atoms with E-state index in [1.54, 1.807) is 0 Å². The van der Waals surface area contributed by atoms with Gasteiger partial charge in [0.25, 0.3) is 0 Å². The molecule has 7 heteroatoms. The summed E-state index contributed by atoms with van der Waals surface area (Å²) in [6.07, 6.45) is 0. The van der Waals surface area contributed by atoms with E-state index >= 15 is 0 Å². The molecule has 0 amide bonds. The molecule has 2 aromatic rings. The normalized spacial score (nSPS) is 10.6. The Labute approximate surface area is 104 Å². The minimum Gasteiger partial charge on any atom is -0.505 e. The Morgan fingerprint density at radius 2 is 1.89 bits per heavy atom. The first-order chi connectivity index (χ1) is 8.43. The van der Waals surface area contributed by atoms with Crippen molar-refractivity contribution in [2.75, 3.05) is 5.73 Å². The third kappa shape index (κ3) is 1.78. The van der Waals surface area contributed by atoms with Crippen LogP contribution in [-0.4, -0.2) is 16.2 Å². The number of halogens is 2. The topological polar surface area (TPSA) is 83.5 Å². The van der Waals surface area contributed by atoms with Crippen LogP contribution in [0.5, 0.6) is 5.75 Å². The van der Waals surface area contributed by atoms with Crippen LogP contribution in [0.1, 0.15) is 10.4 Å². The number of nitrogen functional groups attached to an aromatic ring is 1. The summed E-state index contributed by atoms with van der Waals surface area (Å²) in [6.45, 7) is 0. The molecule has 0 saturated heterocycles. The Balaban J connectivity index is 2.71. The number of phenolic OH excluding ortho intramolecular Hbond substituents is 1. The molecule has 0 aliphatic rings. The van der Waals surface area contributed by atoms with E-state index in [1.807, 2.05) is 0 Å². The van der Waals surface area contributed by atoms with Crippen molar-refractivity contribution < 1.29 is 23.8 Å². The van der Waals surface area contributed by atoms with E-state index in [2.05, 4.69) is 0 Å². The highest BCUT2D eigenvalue weighted by atomic mass is 32.1. The number of aromatic carboxylic acids is 1. The summed E-state index contributed by atoms with van der Waals surface area (Å²) in [5.74, 6) is -4.89. The number of aromatic hydroxyl groups is 1. The number of carboxylic acids is 1. The minimum atomic E-state index is -1.42. The molecule has 4 N–H and O–H groups in total. The number of thiophene rings is 1. The predicted octanol–water partition coefficient (Wildman–Crippen LogP) is 2.68. The van der Waals surface area contributed by atoms with Crippen LogP contribution in [0.15, 0.2) is 17.5 Å². The van der Waals surface area contributed by atoms with Gasteiger partial charge in [-0.15, -0.1) is 11.3 Å². The lowest BCUT2D eigenvalue weighted by molar-refractivity contribution is 0.0699. The number of rotatable bonds is 2. The number of benzene rings is 1. The smallest absolute Gasteiger partial charge is 0.339 e. The summed E-state index contributed by atoms with van der Waals surface area (Å²) in [4.78, 5) is 11.0. The first-order valence-corrected chi connectivity index (χ1v) is 5.59. The molecule has 0 bridgehead atoms. The lowest BCUT2D eigenvalue weighted by Crippen LogP contribution is -2.01. The number of phenols is 1. The monoisotopic (exact) mass is 271 g/mol. The second-order valence-corrected chi connectivity index (χ2v) is 4.37. The van der Waals surface area contributed by atoms with E-state index in [9.17, 15) is 13.6 Å². The molecule has 0 spiro atoms. The molecule has 18 heavy (non-hydrogen) atoms. The van der Waals surface area contributed by atoms with E-state index in [0.717, 1.165) is 23.5 Å². The quantitative estimate of drug-likeness (QED) is 0.784. The Morgan fingerprint density at radius 1 is 1.22 bits per heavy atom. The fourth-order valence-corrected chi connectivity index (χ4v) is 2.34. The van der Waals surface area contributed by atoms with Gasteiger partial charge in [-0.25, -0.2) is 9.18 Å². The molecule has 2 rings (SSSR count). The average Bonchev–Trinajstić information content (AvgIpc) is 2.68. The summed E-state index contributed by atoms with van der Waals surface area (Å²) in [6, 6.07) is 2.05. The molecule has 0 radical (unpaired) electrons. The highest BCUT2D eigenvalue weighted by Gasteiger charge is 2.22. The molecule has 0 aliphatic heterocycles. The maximum absolute atomic E-state index is 13.6. The average molecular weight is 271 g/mol. The van der Waals surface area contributed by atoms with Crippen LogP contribution >= 0.6 is 11.3 Å². The van der Waals surface area contributed by atoms with Gasteiger partial charge >= 0.3 is 5.97 Å². The molecule has 1 aromatic carbocycles. The standard InChI is InChI=1S/C11H7F2NO3S/c12-8-4(1-2-6(15)9(8)13)5-3-18-10(14)7(5)11(16)17/h1-3,15H,14H2,(H,16,17). The zero-order valence-electron chi connectivity index (χ0n) is 8.78. The van der Waals surface area contributed by atoms with E-state index in [4.69, 9.17) is 15.9 Å². The molecule has 0 unspecified atom stereocenters. The molecule has 0 saturated carbocycles. The van der Waals surface area contributed by atoms with Gasteiger partial charge in [0.1, 0.15) is 10.6 Å². The number of carbonyl (C=O) groups is 1. The number of nitrogens with two attached hydrogens (primary N) is 1. The van der Waals surface area contributed by atoms with Crippen molar-refractivity contribution in [1.82, 2.24) is 0 Å². The maximum atomic E-state index is 13.6. The first kappa shape index (κ1) is 12.3. The predicted molar refractivity (Wildman–Crippen MR) is 62.7 cm³/mol. The van der Waals surface area contributed by atoms with E-state index in [-0.39, 0.29) is 21.7 Å². The Bertz CT molecular complexity index is 639. The highest BCUT2D eigenvalue weighted by Crippen LogP contribution is 2.36. The minimum absolute atomic E-state index is 0.00498. The Hall–Kier alpha value is -2.15. The van der Waals surface area contributed by atoms with Crippen LogP contribution in [0, 0.1) is 11.6 Å². The van der Waals surface area contributed by atoms with Crippen molar-refractivity contribution in [3.8, 4) is 16.9 Å². The third-order valence-corrected chi connectivity index (χ3v) is 3.20. The SMILES string of the molecule is Nc1scc(-c2ccc(O)c(F)c2F)c1C(=O)O. The number of anilines is 1. The van der Waals surface area contributed by atoms with Crippen molar-refractivity contribution in [2.24, 2.45) is 0 Å². The first-order valence-electron chi connectivity index (χ1n) is 4.71. The molecular weight excluding hydrogens is 264 g/mol. The van der Waals surface area contributed by atoms with Gasteiger partial charge in [-0.3, -0.25) is 0 Å². The van der Waals surface area contributed by atoms with Gasteiger partial charge < -0.3 is 15.9 Å². The third-order valence-electron chi connectivity index (χ3n) is 2.39. The van der Waals surface area contributed by atoms with E-state index in [1.165, 1.54) is 5.38 Å². The number of hydrogen-bond acceptors (Lipinski definition) is 4. The fourth-order valence-electron chi connectivity index (χ4n) is 1.54. The molecule has 4 nitrogen and oxygen atoms in total. The molecular formula is C11H7F2NO3S. The van der Waals surface area contributed by atoms with Gasteiger partial charge in [-0.05, 0) is 12.1 Å². The molecule has 0 atom stereocenters. The highest BCUT2D eigenvalue weighted by molar-refractivity contribution is 7.14. The van der Waals surface area contributed by atoms with Crippen molar-refractivity contribution in [3.05, 3.63) is 34.7 Å². The van der Waals surface area contributed by atoms with Crippen LogP contribution < -0.4 is 5.73 Å². The molecule has 0 fully saturated rings. The second kappa shape index (κ2) is 4.26. The van der Waals surface area contributed by atoms with Crippen LogP contribution in [-0.2, 0) is 0 Å². The van der Waals surface area contributed by atoms with Gasteiger partial charge in [-0.2, -0.15) is 4.39 Å². The largest absolute Gasteiger partial charge is 0.505 e. The van der Waals surface area contributed by atoms with Crippen LogP contribution in [0.3, 0.4) is 0 Å². The van der Waals surface area contributed by atoms with Gasteiger partial charge in [-0.1, -0.05) is 0 Å². The fraction of sp³-hybridized carbons (Fsp3) is 0. The zero-order valence-corrected chi connectivity index (χ0v) is 9.59. The molecule has 1 aromatic heterocycles. The van der Waals surface area contributed by atoms with Crippen LogP contribution in [0.25, 0.3) is 11.1 Å². The summed E-state index contributed by atoms with van der Waals surface area (Å²) in [5.41, 5.74) is 4.93. The Morgan fingerprint density at radius 3 is 2.50 bits per heavy atom.